The topological polar surface area (TPSA) is 44.0 Å². The minimum Gasteiger partial charge on any atom is -0.389 e. The van der Waals surface area contributed by atoms with Gasteiger partial charge in [-0.25, -0.2) is 4.39 Å². The first-order chi connectivity index (χ1) is 9.30. The average molecular weight is 275 g/mol. The first-order valence-electron chi connectivity index (χ1n) is 7.21. The molecule has 0 aliphatic heterocycles. The van der Waals surface area contributed by atoms with E-state index in [9.17, 15) is 9.50 Å². The smallest absolute Gasteiger partial charge is 0.141 e. The number of rotatable bonds is 2. The average Bonchev–Trinajstić information content (AvgIpc) is 2.36. The van der Waals surface area contributed by atoms with E-state index in [1.54, 1.807) is 6.07 Å². The third-order valence-corrected chi connectivity index (χ3v) is 5.05. The molecule has 1 aliphatic carbocycles. The van der Waals surface area contributed by atoms with Crippen molar-refractivity contribution in [1.29, 1.82) is 5.26 Å². The van der Waals surface area contributed by atoms with E-state index in [1.165, 1.54) is 12.1 Å². The minimum absolute atomic E-state index is 0.0525. The molecule has 0 bridgehead atoms. The van der Waals surface area contributed by atoms with Crippen LogP contribution < -0.4 is 0 Å². The van der Waals surface area contributed by atoms with Crippen LogP contribution in [0.4, 0.5) is 4.39 Å². The highest BCUT2D eigenvalue weighted by Gasteiger charge is 2.49. The molecule has 0 heterocycles. The Balaban J connectivity index is 2.31. The summed E-state index contributed by atoms with van der Waals surface area (Å²) in [4.78, 5) is 0. The maximum Gasteiger partial charge on any atom is 0.141 e. The molecule has 0 spiro atoms. The largest absolute Gasteiger partial charge is 0.389 e. The van der Waals surface area contributed by atoms with Gasteiger partial charge < -0.3 is 5.11 Å². The van der Waals surface area contributed by atoms with Gasteiger partial charge in [0.1, 0.15) is 11.9 Å². The molecule has 1 fully saturated rings. The third-order valence-electron chi connectivity index (χ3n) is 5.05. The first-order valence-corrected chi connectivity index (χ1v) is 7.21. The predicted molar refractivity (Wildman–Crippen MR) is 76.6 cm³/mol. The van der Waals surface area contributed by atoms with Crippen molar-refractivity contribution >= 4 is 0 Å². The van der Waals surface area contributed by atoms with Crippen LogP contribution in [0.3, 0.4) is 0 Å². The van der Waals surface area contributed by atoms with E-state index in [0.29, 0.717) is 6.42 Å². The molecule has 1 aromatic carbocycles. The lowest BCUT2D eigenvalue weighted by Crippen LogP contribution is -2.54. The second kappa shape index (κ2) is 5.18. The van der Waals surface area contributed by atoms with Crippen LogP contribution in [0.15, 0.2) is 18.2 Å². The van der Waals surface area contributed by atoms with Gasteiger partial charge in [-0.3, -0.25) is 0 Å². The molecule has 2 rings (SSSR count). The molecule has 0 unspecified atom stereocenters. The van der Waals surface area contributed by atoms with Crippen LogP contribution in [-0.2, 0) is 6.42 Å². The summed E-state index contributed by atoms with van der Waals surface area (Å²) in [7, 11) is 0. The van der Waals surface area contributed by atoms with Crippen LogP contribution in [0, 0.1) is 28.5 Å². The fraction of sp³-hybridized carbons (Fsp3) is 0.588. The molecule has 20 heavy (non-hydrogen) atoms. The van der Waals surface area contributed by atoms with Crippen LogP contribution in [0.5, 0.6) is 0 Å². The van der Waals surface area contributed by atoms with E-state index < -0.39 is 11.4 Å². The molecule has 108 valence electrons. The third kappa shape index (κ3) is 2.45. The zero-order valence-corrected chi connectivity index (χ0v) is 12.4. The van der Waals surface area contributed by atoms with Gasteiger partial charge in [0.05, 0.1) is 11.2 Å². The van der Waals surface area contributed by atoms with Crippen molar-refractivity contribution < 1.29 is 9.50 Å². The molecule has 1 aromatic rings. The van der Waals surface area contributed by atoms with Crippen molar-refractivity contribution in [2.45, 2.75) is 52.1 Å². The lowest BCUT2D eigenvalue weighted by atomic mass is 9.59. The Morgan fingerprint density at radius 1 is 1.45 bits per heavy atom. The number of hydrogen-bond acceptors (Lipinski definition) is 2. The summed E-state index contributed by atoms with van der Waals surface area (Å²) in [6, 6.07) is 6.45. The van der Waals surface area contributed by atoms with Crippen molar-refractivity contribution in [2.75, 3.05) is 0 Å². The van der Waals surface area contributed by atoms with Crippen molar-refractivity contribution in [3.63, 3.8) is 0 Å². The number of nitrogens with zero attached hydrogens (tertiary/aromatic N) is 1. The van der Waals surface area contributed by atoms with E-state index in [2.05, 4.69) is 20.8 Å². The SMILES string of the molecule is C[C@H]1CCCC(C)(C)[C@@]1(O)Cc1ccc(C#N)c(F)c1. The van der Waals surface area contributed by atoms with Gasteiger partial charge in [0.25, 0.3) is 0 Å². The second-order valence-electron chi connectivity index (χ2n) is 6.70. The van der Waals surface area contributed by atoms with E-state index >= 15 is 0 Å². The molecular formula is C17H22FNO. The number of nitriles is 1. The fourth-order valence-electron chi connectivity index (χ4n) is 3.46. The van der Waals surface area contributed by atoms with E-state index in [-0.39, 0.29) is 16.9 Å². The maximum atomic E-state index is 13.7. The molecule has 1 saturated carbocycles. The van der Waals surface area contributed by atoms with Gasteiger partial charge in [0.2, 0.25) is 0 Å². The summed E-state index contributed by atoms with van der Waals surface area (Å²) in [5.41, 5.74) is -0.205. The number of benzene rings is 1. The van der Waals surface area contributed by atoms with E-state index in [1.807, 2.05) is 6.07 Å². The molecule has 0 amide bonds. The Labute approximate surface area is 120 Å². The standard InChI is InChI=1S/C17H22FNO/c1-12-5-4-8-16(2,3)17(12,20)10-13-6-7-14(11-19)15(18)9-13/h6-7,9,12,20H,4-5,8,10H2,1-3H3/t12-,17+/m0/s1. The summed E-state index contributed by atoms with van der Waals surface area (Å²) >= 11 is 0. The molecule has 2 atom stereocenters. The van der Waals surface area contributed by atoms with Crippen LogP contribution in [0.2, 0.25) is 0 Å². The molecule has 0 saturated heterocycles. The monoisotopic (exact) mass is 275 g/mol. The Morgan fingerprint density at radius 3 is 2.70 bits per heavy atom. The lowest BCUT2D eigenvalue weighted by molar-refractivity contribution is -0.132. The highest BCUT2D eigenvalue weighted by Crippen LogP contribution is 2.48. The molecule has 0 aromatic heterocycles. The summed E-state index contributed by atoms with van der Waals surface area (Å²) in [5.74, 6) is -0.320. The zero-order chi connectivity index (χ0) is 15.0. The molecule has 2 nitrogen and oxygen atoms in total. The first kappa shape index (κ1) is 15.0. The van der Waals surface area contributed by atoms with E-state index in [4.69, 9.17) is 5.26 Å². The highest BCUT2D eigenvalue weighted by molar-refractivity contribution is 5.34. The van der Waals surface area contributed by atoms with Gasteiger partial charge in [-0.2, -0.15) is 5.26 Å². The quantitative estimate of drug-likeness (QED) is 0.891. The predicted octanol–water partition coefficient (Wildman–Crippen LogP) is 3.82. The fourth-order valence-corrected chi connectivity index (χ4v) is 3.46. The number of halogens is 1. The lowest BCUT2D eigenvalue weighted by Gasteiger charge is -2.51. The van der Waals surface area contributed by atoms with Gasteiger partial charge in [0.15, 0.2) is 0 Å². The van der Waals surface area contributed by atoms with Gasteiger partial charge >= 0.3 is 0 Å². The van der Waals surface area contributed by atoms with Crippen molar-refractivity contribution in [3.8, 4) is 6.07 Å². The molecule has 1 aliphatic rings. The summed E-state index contributed by atoms with van der Waals surface area (Å²) in [6.45, 7) is 6.24. The van der Waals surface area contributed by atoms with Crippen molar-refractivity contribution in [1.82, 2.24) is 0 Å². The Hall–Kier alpha value is -1.40. The molecule has 3 heteroatoms. The van der Waals surface area contributed by atoms with Gasteiger partial charge in [-0.1, -0.05) is 33.3 Å². The van der Waals surface area contributed by atoms with Crippen LogP contribution in [0.25, 0.3) is 0 Å². The van der Waals surface area contributed by atoms with E-state index in [0.717, 1.165) is 24.8 Å². The van der Waals surface area contributed by atoms with Crippen LogP contribution in [0.1, 0.15) is 51.2 Å². The Bertz CT molecular complexity index is 546. The van der Waals surface area contributed by atoms with Gasteiger partial charge in [-0.05, 0) is 41.9 Å². The zero-order valence-electron chi connectivity index (χ0n) is 12.4. The number of hydrogen-bond donors (Lipinski definition) is 1. The van der Waals surface area contributed by atoms with Crippen molar-refractivity contribution in [3.05, 3.63) is 35.1 Å². The maximum absolute atomic E-state index is 13.7. The second-order valence-corrected chi connectivity index (χ2v) is 6.70. The molecule has 1 N–H and O–H groups in total. The highest BCUT2D eigenvalue weighted by atomic mass is 19.1. The number of aliphatic hydroxyl groups is 1. The Morgan fingerprint density at radius 2 is 2.15 bits per heavy atom. The summed E-state index contributed by atoms with van der Waals surface area (Å²) in [6.07, 6.45) is 3.54. The van der Waals surface area contributed by atoms with Gasteiger partial charge in [-0.15, -0.1) is 0 Å². The van der Waals surface area contributed by atoms with Crippen LogP contribution in [-0.4, -0.2) is 10.7 Å². The minimum atomic E-state index is -0.828. The molecular weight excluding hydrogens is 253 g/mol. The van der Waals surface area contributed by atoms with Crippen LogP contribution >= 0.6 is 0 Å². The summed E-state index contributed by atoms with van der Waals surface area (Å²) < 4.78 is 13.7. The normalized spacial score (nSPS) is 28.9. The Kier molecular flexibility index (Phi) is 3.88. The molecule has 0 radical (unpaired) electrons. The van der Waals surface area contributed by atoms with Gasteiger partial charge in [0, 0.05) is 6.42 Å². The van der Waals surface area contributed by atoms with Crippen molar-refractivity contribution in [2.24, 2.45) is 11.3 Å². The summed E-state index contributed by atoms with van der Waals surface area (Å²) in [5, 5.41) is 19.9.